The molecule has 4 rings (SSSR count). The van der Waals surface area contributed by atoms with Crippen molar-refractivity contribution in [2.24, 2.45) is 0 Å². The summed E-state index contributed by atoms with van der Waals surface area (Å²) >= 11 is 0. The van der Waals surface area contributed by atoms with E-state index < -0.39 is 6.10 Å². The Balaban J connectivity index is 1.55. The summed E-state index contributed by atoms with van der Waals surface area (Å²) in [7, 11) is 1.78. The minimum absolute atomic E-state index is 0.122. The highest BCUT2D eigenvalue weighted by molar-refractivity contribution is 5.98. The molecule has 0 bridgehead atoms. The first-order valence-electron chi connectivity index (χ1n) is 8.53. The maximum Gasteiger partial charge on any atom is 0.258 e. The molecule has 0 saturated heterocycles. The van der Waals surface area contributed by atoms with E-state index in [2.05, 4.69) is 5.32 Å². The van der Waals surface area contributed by atoms with Gasteiger partial charge in [0, 0.05) is 24.8 Å². The molecule has 5 nitrogen and oxygen atoms in total. The van der Waals surface area contributed by atoms with Gasteiger partial charge in [-0.05, 0) is 47.7 Å². The van der Waals surface area contributed by atoms with Gasteiger partial charge in [-0.15, -0.1) is 0 Å². The number of aryl methyl sites for hydroxylation is 1. The Hall–Kier alpha value is -2.66. The normalized spacial score (nSPS) is 19.2. The van der Waals surface area contributed by atoms with Crippen LogP contribution in [0.15, 0.2) is 42.5 Å². The second-order valence-corrected chi connectivity index (χ2v) is 6.49. The van der Waals surface area contributed by atoms with E-state index >= 15 is 0 Å². The Morgan fingerprint density at radius 3 is 2.84 bits per heavy atom. The maximum absolute atomic E-state index is 12.7. The van der Waals surface area contributed by atoms with Crippen molar-refractivity contribution >= 4 is 23.2 Å². The van der Waals surface area contributed by atoms with Crippen molar-refractivity contribution in [3.63, 3.8) is 0 Å². The monoisotopic (exact) mass is 336 g/mol. The molecule has 2 aliphatic heterocycles. The van der Waals surface area contributed by atoms with Crippen molar-refractivity contribution in [2.45, 2.75) is 25.4 Å². The molecule has 2 amide bonds. The number of amides is 2. The fraction of sp³-hybridized carbons (Fsp3) is 0.300. The van der Waals surface area contributed by atoms with Crippen LogP contribution in [-0.4, -0.2) is 25.5 Å². The van der Waals surface area contributed by atoms with Gasteiger partial charge >= 0.3 is 0 Å². The van der Waals surface area contributed by atoms with E-state index in [9.17, 15) is 9.59 Å². The minimum atomic E-state index is -0.578. The highest BCUT2D eigenvalue weighted by atomic mass is 16.5. The molecule has 2 aromatic rings. The minimum Gasteiger partial charge on any atom is -0.363 e. The van der Waals surface area contributed by atoms with Crippen molar-refractivity contribution in [2.75, 3.05) is 23.9 Å². The predicted molar refractivity (Wildman–Crippen MR) is 95.6 cm³/mol. The number of fused-ring (bicyclic) bond motifs is 2. The molecule has 0 aliphatic carbocycles. The fourth-order valence-corrected chi connectivity index (χ4v) is 3.55. The molecule has 2 aliphatic rings. The summed E-state index contributed by atoms with van der Waals surface area (Å²) in [6.07, 6.45) is 1.45. The largest absolute Gasteiger partial charge is 0.363 e. The first kappa shape index (κ1) is 15.8. The smallest absolute Gasteiger partial charge is 0.258 e. The van der Waals surface area contributed by atoms with Crippen LogP contribution in [0.4, 0.5) is 11.4 Å². The topological polar surface area (TPSA) is 58.6 Å². The van der Waals surface area contributed by atoms with Gasteiger partial charge in [0.05, 0.1) is 6.61 Å². The van der Waals surface area contributed by atoms with Crippen LogP contribution < -0.4 is 10.2 Å². The lowest BCUT2D eigenvalue weighted by Crippen LogP contribution is -2.31. The summed E-state index contributed by atoms with van der Waals surface area (Å²) in [6.45, 7) is 0.548. The lowest BCUT2D eigenvalue weighted by Gasteiger charge is -2.27. The van der Waals surface area contributed by atoms with Crippen LogP contribution in [0.3, 0.4) is 0 Å². The highest BCUT2D eigenvalue weighted by Gasteiger charge is 2.28. The van der Waals surface area contributed by atoms with E-state index in [0.29, 0.717) is 19.4 Å². The zero-order valence-corrected chi connectivity index (χ0v) is 14.1. The van der Waals surface area contributed by atoms with Crippen LogP contribution in [0.5, 0.6) is 0 Å². The Labute approximate surface area is 146 Å². The molecule has 5 heteroatoms. The lowest BCUT2D eigenvalue weighted by molar-refractivity contribution is -0.128. The van der Waals surface area contributed by atoms with Crippen LogP contribution in [0.25, 0.3) is 0 Å². The zero-order valence-electron chi connectivity index (χ0n) is 14.1. The Morgan fingerprint density at radius 2 is 1.96 bits per heavy atom. The first-order chi connectivity index (χ1) is 12.1. The molecule has 1 atom stereocenters. The van der Waals surface area contributed by atoms with Gasteiger partial charge in [0.15, 0.2) is 6.10 Å². The molecule has 2 heterocycles. The van der Waals surface area contributed by atoms with Gasteiger partial charge in [-0.25, -0.2) is 0 Å². The molecular formula is C20H20N2O3. The van der Waals surface area contributed by atoms with Crippen molar-refractivity contribution in [3.8, 4) is 0 Å². The van der Waals surface area contributed by atoms with Crippen molar-refractivity contribution in [1.29, 1.82) is 0 Å². The molecule has 0 aromatic heterocycles. The van der Waals surface area contributed by atoms with Crippen molar-refractivity contribution < 1.29 is 14.3 Å². The van der Waals surface area contributed by atoms with Crippen LogP contribution in [-0.2, 0) is 27.2 Å². The predicted octanol–water partition coefficient (Wildman–Crippen LogP) is 2.85. The molecule has 1 unspecified atom stereocenters. The molecule has 0 saturated carbocycles. The van der Waals surface area contributed by atoms with E-state index in [0.717, 1.165) is 28.9 Å². The van der Waals surface area contributed by atoms with E-state index in [1.54, 1.807) is 11.9 Å². The fourth-order valence-electron chi connectivity index (χ4n) is 3.55. The second-order valence-electron chi connectivity index (χ2n) is 6.49. The van der Waals surface area contributed by atoms with Gasteiger partial charge in [-0.1, -0.05) is 24.3 Å². The molecular weight excluding hydrogens is 316 g/mol. The number of nitrogens with zero attached hydrogens (tertiary/aromatic N) is 1. The summed E-state index contributed by atoms with van der Waals surface area (Å²) in [4.78, 5) is 26.2. The van der Waals surface area contributed by atoms with E-state index in [1.807, 2.05) is 42.5 Å². The summed E-state index contributed by atoms with van der Waals surface area (Å²) in [5.41, 5.74) is 4.82. The molecule has 0 fully saturated rings. The molecule has 1 N–H and O–H groups in total. The number of hydrogen-bond donors (Lipinski definition) is 1. The van der Waals surface area contributed by atoms with Gasteiger partial charge in [0.2, 0.25) is 5.91 Å². The Morgan fingerprint density at radius 1 is 1.12 bits per heavy atom. The third kappa shape index (κ3) is 2.91. The van der Waals surface area contributed by atoms with Crippen LogP contribution in [0.2, 0.25) is 0 Å². The van der Waals surface area contributed by atoms with Crippen LogP contribution >= 0.6 is 0 Å². The van der Waals surface area contributed by atoms with Gasteiger partial charge < -0.3 is 15.0 Å². The van der Waals surface area contributed by atoms with E-state index in [4.69, 9.17) is 4.74 Å². The average molecular weight is 336 g/mol. The molecule has 0 spiro atoms. The van der Waals surface area contributed by atoms with E-state index in [1.165, 1.54) is 5.56 Å². The molecule has 0 radical (unpaired) electrons. The summed E-state index contributed by atoms with van der Waals surface area (Å²) in [5, 5.41) is 2.96. The quantitative estimate of drug-likeness (QED) is 0.917. The number of carbonyl (C=O) groups excluding carboxylic acids is 2. The van der Waals surface area contributed by atoms with Crippen LogP contribution in [0.1, 0.15) is 29.2 Å². The third-order valence-corrected chi connectivity index (χ3v) is 4.92. The highest BCUT2D eigenvalue weighted by Crippen LogP contribution is 2.31. The third-order valence-electron chi connectivity index (χ3n) is 4.92. The number of rotatable bonds is 2. The van der Waals surface area contributed by atoms with Crippen molar-refractivity contribution in [3.05, 3.63) is 59.2 Å². The lowest BCUT2D eigenvalue weighted by atomic mass is 9.97. The second kappa shape index (κ2) is 6.33. The maximum atomic E-state index is 12.7. The number of benzene rings is 2. The van der Waals surface area contributed by atoms with Gasteiger partial charge in [-0.3, -0.25) is 9.59 Å². The first-order valence-corrected chi connectivity index (χ1v) is 8.53. The average Bonchev–Trinajstić information content (AvgIpc) is 2.64. The number of nitrogens with one attached hydrogen (secondary N) is 1. The van der Waals surface area contributed by atoms with Gasteiger partial charge in [0.25, 0.3) is 5.91 Å². The Bertz CT molecular complexity index is 847. The summed E-state index contributed by atoms with van der Waals surface area (Å²) in [6, 6.07) is 13.6. The molecule has 128 valence electrons. The standard InChI is InChI=1S/C20H20N2O3/c1-22-17-8-7-15(12-14(17)6-9-18(22)23)21-20(24)19-16-5-3-2-4-13(16)10-11-25-19/h2-5,7-8,12,19H,6,9-11H2,1H3,(H,21,24). The van der Waals surface area contributed by atoms with Crippen LogP contribution in [0, 0.1) is 0 Å². The summed E-state index contributed by atoms with van der Waals surface area (Å²) in [5.74, 6) is -0.0381. The SMILES string of the molecule is CN1C(=O)CCc2cc(NC(=O)C3OCCc4ccccc43)ccc21. The summed E-state index contributed by atoms with van der Waals surface area (Å²) < 4.78 is 5.72. The van der Waals surface area contributed by atoms with Crippen molar-refractivity contribution in [1.82, 2.24) is 0 Å². The number of carbonyl (C=O) groups is 2. The Kier molecular flexibility index (Phi) is 4.01. The van der Waals surface area contributed by atoms with Gasteiger partial charge in [0.1, 0.15) is 0 Å². The molecule has 25 heavy (non-hydrogen) atoms. The number of ether oxygens (including phenoxy) is 1. The number of hydrogen-bond acceptors (Lipinski definition) is 3. The molecule has 2 aromatic carbocycles. The zero-order chi connectivity index (χ0) is 17.4. The van der Waals surface area contributed by atoms with E-state index in [-0.39, 0.29) is 11.8 Å². The van der Waals surface area contributed by atoms with Gasteiger partial charge in [-0.2, -0.15) is 0 Å². The number of anilines is 2.